The predicted molar refractivity (Wildman–Crippen MR) is 86.9 cm³/mol. The highest BCUT2D eigenvalue weighted by Gasteiger charge is 2.15. The number of hydrogen-bond donors (Lipinski definition) is 1. The summed E-state index contributed by atoms with van der Waals surface area (Å²) in [5.41, 5.74) is 0.948. The second-order valence-corrected chi connectivity index (χ2v) is 5.77. The van der Waals surface area contributed by atoms with Gasteiger partial charge in [0.25, 0.3) is 5.56 Å². The number of ether oxygens (including phenoxy) is 1. The molecule has 1 fully saturated rings. The van der Waals surface area contributed by atoms with E-state index in [1.54, 1.807) is 6.20 Å². The molecule has 1 saturated heterocycles. The van der Waals surface area contributed by atoms with Gasteiger partial charge in [0.15, 0.2) is 0 Å². The highest BCUT2D eigenvalue weighted by molar-refractivity contribution is 6.32. The molecule has 0 aliphatic carbocycles. The number of rotatable bonds is 4. The minimum Gasteiger partial charge on any atom is -0.382 e. The summed E-state index contributed by atoms with van der Waals surface area (Å²) in [5, 5.41) is 7.58. The van der Waals surface area contributed by atoms with Crippen molar-refractivity contribution in [1.82, 2.24) is 9.78 Å². The van der Waals surface area contributed by atoms with Crippen LogP contribution >= 0.6 is 11.6 Å². The van der Waals surface area contributed by atoms with Crippen molar-refractivity contribution in [2.24, 2.45) is 5.92 Å². The van der Waals surface area contributed by atoms with Crippen molar-refractivity contribution >= 4 is 17.3 Å². The van der Waals surface area contributed by atoms with E-state index in [2.05, 4.69) is 10.4 Å². The molecule has 5 nitrogen and oxygen atoms in total. The number of benzene rings is 1. The fourth-order valence-electron chi connectivity index (χ4n) is 2.53. The van der Waals surface area contributed by atoms with E-state index in [4.69, 9.17) is 16.3 Å². The minimum atomic E-state index is -0.322. The third-order valence-electron chi connectivity index (χ3n) is 3.76. The first-order valence-corrected chi connectivity index (χ1v) is 7.78. The second kappa shape index (κ2) is 6.94. The van der Waals surface area contributed by atoms with E-state index in [0.717, 1.165) is 32.6 Å². The highest BCUT2D eigenvalue weighted by atomic mass is 35.5. The first kappa shape index (κ1) is 15.1. The third-order valence-corrected chi connectivity index (χ3v) is 4.12. The lowest BCUT2D eigenvalue weighted by atomic mass is 10.0. The molecule has 0 radical (unpaired) electrons. The van der Waals surface area contributed by atoms with Gasteiger partial charge in [-0.3, -0.25) is 4.79 Å². The molecule has 2 aromatic rings. The molecule has 1 unspecified atom stereocenters. The van der Waals surface area contributed by atoms with Crippen molar-refractivity contribution in [2.45, 2.75) is 12.8 Å². The van der Waals surface area contributed by atoms with Gasteiger partial charge in [-0.25, -0.2) is 0 Å². The van der Waals surface area contributed by atoms with Crippen LogP contribution in [0.15, 0.2) is 41.3 Å². The summed E-state index contributed by atoms with van der Waals surface area (Å²) in [6, 6.07) is 9.23. The topological polar surface area (TPSA) is 56.1 Å². The van der Waals surface area contributed by atoms with Crippen molar-refractivity contribution < 1.29 is 4.74 Å². The van der Waals surface area contributed by atoms with Gasteiger partial charge in [0.05, 0.1) is 24.2 Å². The minimum absolute atomic E-state index is 0.163. The Morgan fingerprint density at radius 2 is 2.18 bits per heavy atom. The van der Waals surface area contributed by atoms with Crippen molar-refractivity contribution in [1.29, 1.82) is 0 Å². The zero-order chi connectivity index (χ0) is 15.4. The fraction of sp³-hybridized carbons (Fsp3) is 0.375. The Balaban J connectivity index is 1.76. The highest BCUT2D eigenvalue weighted by Crippen LogP contribution is 2.19. The van der Waals surface area contributed by atoms with E-state index in [-0.39, 0.29) is 10.6 Å². The van der Waals surface area contributed by atoms with E-state index in [1.165, 1.54) is 4.68 Å². The summed E-state index contributed by atoms with van der Waals surface area (Å²) in [6.07, 6.45) is 3.80. The number of anilines is 1. The molecule has 1 atom stereocenters. The van der Waals surface area contributed by atoms with Crippen molar-refractivity contribution in [2.75, 3.05) is 25.1 Å². The second-order valence-electron chi connectivity index (χ2n) is 5.39. The first-order chi connectivity index (χ1) is 10.8. The predicted octanol–water partition coefficient (Wildman–Crippen LogP) is 2.72. The van der Waals surface area contributed by atoms with Crippen molar-refractivity contribution in [3.05, 3.63) is 51.9 Å². The van der Waals surface area contributed by atoms with Gasteiger partial charge in [0.2, 0.25) is 0 Å². The van der Waals surface area contributed by atoms with Gasteiger partial charge in [-0.1, -0.05) is 29.8 Å². The van der Waals surface area contributed by atoms with E-state index in [1.807, 2.05) is 30.3 Å². The maximum absolute atomic E-state index is 12.3. The standard InChI is InChI=1S/C16H18ClN3O2/c17-15-14(18-9-12-5-4-8-22-11-12)10-19-20(16(15)21)13-6-2-1-3-7-13/h1-3,6-7,10,12,18H,4-5,8-9,11H2. The average Bonchev–Trinajstić information content (AvgIpc) is 2.58. The zero-order valence-electron chi connectivity index (χ0n) is 12.2. The van der Waals surface area contributed by atoms with Gasteiger partial charge in [-0.05, 0) is 30.9 Å². The summed E-state index contributed by atoms with van der Waals surface area (Å²) in [6.45, 7) is 2.32. The smallest absolute Gasteiger partial charge is 0.292 e. The van der Waals surface area contributed by atoms with Crippen LogP contribution in [0.4, 0.5) is 5.69 Å². The molecule has 1 aliphatic rings. The van der Waals surface area contributed by atoms with Gasteiger partial charge >= 0.3 is 0 Å². The molecule has 1 N–H and O–H groups in total. The SMILES string of the molecule is O=c1c(Cl)c(NCC2CCCOC2)cnn1-c1ccccc1. The molecular formula is C16H18ClN3O2. The Labute approximate surface area is 133 Å². The van der Waals surface area contributed by atoms with Gasteiger partial charge in [-0.15, -0.1) is 0 Å². The third kappa shape index (κ3) is 3.31. The summed E-state index contributed by atoms with van der Waals surface area (Å²) in [4.78, 5) is 12.3. The quantitative estimate of drug-likeness (QED) is 0.941. The normalized spacial score (nSPS) is 18.1. The van der Waals surface area contributed by atoms with Crippen LogP contribution in [0, 0.1) is 5.92 Å². The lowest BCUT2D eigenvalue weighted by Crippen LogP contribution is -2.26. The maximum Gasteiger partial charge on any atom is 0.292 e. The van der Waals surface area contributed by atoms with Crippen molar-refractivity contribution in [3.8, 4) is 5.69 Å². The maximum atomic E-state index is 12.3. The zero-order valence-corrected chi connectivity index (χ0v) is 12.9. The van der Waals surface area contributed by atoms with Crippen LogP contribution in [0.3, 0.4) is 0 Å². The number of aromatic nitrogens is 2. The Bertz CT molecular complexity index is 682. The summed E-state index contributed by atoms with van der Waals surface area (Å²) in [5.74, 6) is 0.446. The van der Waals surface area contributed by atoms with Crippen LogP contribution < -0.4 is 10.9 Å². The Morgan fingerprint density at radius 3 is 2.91 bits per heavy atom. The molecule has 0 saturated carbocycles. The molecule has 6 heteroatoms. The molecular weight excluding hydrogens is 302 g/mol. The molecule has 1 aromatic heterocycles. The van der Waals surface area contributed by atoms with Crippen LogP contribution in [-0.2, 0) is 4.74 Å². The monoisotopic (exact) mass is 319 g/mol. The molecule has 1 aliphatic heterocycles. The Morgan fingerprint density at radius 1 is 1.36 bits per heavy atom. The molecule has 1 aromatic carbocycles. The van der Waals surface area contributed by atoms with Gasteiger partial charge in [-0.2, -0.15) is 9.78 Å². The average molecular weight is 320 g/mol. The van der Waals surface area contributed by atoms with E-state index in [0.29, 0.717) is 17.3 Å². The lowest BCUT2D eigenvalue weighted by molar-refractivity contribution is 0.0595. The number of para-hydroxylation sites is 1. The van der Waals surface area contributed by atoms with Crippen LogP contribution in [0.1, 0.15) is 12.8 Å². The van der Waals surface area contributed by atoms with Crippen LogP contribution in [-0.4, -0.2) is 29.5 Å². The fourth-order valence-corrected chi connectivity index (χ4v) is 2.73. The molecule has 3 rings (SSSR count). The first-order valence-electron chi connectivity index (χ1n) is 7.40. The van der Waals surface area contributed by atoms with Gasteiger partial charge in [0, 0.05) is 13.2 Å². The molecule has 0 spiro atoms. The lowest BCUT2D eigenvalue weighted by Gasteiger charge is -2.22. The Hall–Kier alpha value is -1.85. The molecule has 0 amide bonds. The Kier molecular flexibility index (Phi) is 4.75. The largest absolute Gasteiger partial charge is 0.382 e. The molecule has 22 heavy (non-hydrogen) atoms. The number of halogens is 1. The summed E-state index contributed by atoms with van der Waals surface area (Å²) < 4.78 is 6.75. The number of nitrogens with one attached hydrogen (secondary N) is 1. The number of nitrogens with zero attached hydrogens (tertiary/aromatic N) is 2. The van der Waals surface area contributed by atoms with E-state index < -0.39 is 0 Å². The summed E-state index contributed by atoms with van der Waals surface area (Å²) in [7, 11) is 0. The van der Waals surface area contributed by atoms with Crippen molar-refractivity contribution in [3.63, 3.8) is 0 Å². The van der Waals surface area contributed by atoms with Crippen LogP contribution in [0.2, 0.25) is 5.02 Å². The molecule has 2 heterocycles. The van der Waals surface area contributed by atoms with E-state index >= 15 is 0 Å². The summed E-state index contributed by atoms with van der Waals surface area (Å²) >= 11 is 6.20. The molecule has 0 bridgehead atoms. The number of hydrogen-bond acceptors (Lipinski definition) is 4. The van der Waals surface area contributed by atoms with Crippen LogP contribution in [0.25, 0.3) is 5.69 Å². The van der Waals surface area contributed by atoms with Crippen LogP contribution in [0.5, 0.6) is 0 Å². The van der Waals surface area contributed by atoms with Gasteiger partial charge in [0.1, 0.15) is 5.02 Å². The van der Waals surface area contributed by atoms with Gasteiger partial charge < -0.3 is 10.1 Å². The molecule has 116 valence electrons. The van der Waals surface area contributed by atoms with E-state index in [9.17, 15) is 4.79 Å².